The Morgan fingerprint density at radius 2 is 2.00 bits per heavy atom. The van der Waals surface area contributed by atoms with Gasteiger partial charge in [0, 0.05) is 30.1 Å². The summed E-state index contributed by atoms with van der Waals surface area (Å²) in [5, 5.41) is 13.0. The third-order valence-electron chi connectivity index (χ3n) is 3.42. The zero-order chi connectivity index (χ0) is 15.9. The van der Waals surface area contributed by atoms with E-state index < -0.39 is 6.10 Å². The lowest BCUT2D eigenvalue weighted by Gasteiger charge is -2.33. The van der Waals surface area contributed by atoms with E-state index >= 15 is 0 Å². The average molecular weight is 310 g/mol. The molecule has 0 bridgehead atoms. The van der Waals surface area contributed by atoms with Crippen molar-refractivity contribution < 1.29 is 9.90 Å². The second-order valence-corrected chi connectivity index (χ2v) is 7.29. The SMILES string of the molecule is CC(C)C(O)C(C)(C)CNC(=O)CSCc1ccncc1. The van der Waals surface area contributed by atoms with Crippen LogP contribution in [-0.4, -0.2) is 34.4 Å². The first kappa shape index (κ1) is 18.0. The van der Waals surface area contributed by atoms with Gasteiger partial charge >= 0.3 is 0 Å². The molecule has 0 aliphatic carbocycles. The molecule has 0 saturated heterocycles. The summed E-state index contributed by atoms with van der Waals surface area (Å²) < 4.78 is 0. The van der Waals surface area contributed by atoms with Crippen LogP contribution in [0.1, 0.15) is 33.3 Å². The number of amides is 1. The van der Waals surface area contributed by atoms with E-state index in [0.29, 0.717) is 12.3 Å². The molecule has 1 unspecified atom stereocenters. The smallest absolute Gasteiger partial charge is 0.230 e. The van der Waals surface area contributed by atoms with Gasteiger partial charge < -0.3 is 10.4 Å². The average Bonchev–Trinajstić information content (AvgIpc) is 2.45. The number of nitrogens with one attached hydrogen (secondary N) is 1. The zero-order valence-electron chi connectivity index (χ0n) is 13.3. The van der Waals surface area contributed by atoms with Gasteiger partial charge in [-0.05, 0) is 23.6 Å². The van der Waals surface area contributed by atoms with Crippen LogP contribution >= 0.6 is 11.8 Å². The standard InChI is InChI=1S/C16H26N2O2S/c1-12(2)15(20)16(3,4)11-18-14(19)10-21-9-13-5-7-17-8-6-13/h5-8,12,15,20H,9-11H2,1-4H3,(H,18,19). The third kappa shape index (κ3) is 6.48. The fraction of sp³-hybridized carbons (Fsp3) is 0.625. The van der Waals surface area contributed by atoms with Crippen molar-refractivity contribution >= 4 is 17.7 Å². The molecule has 1 rings (SSSR count). The fourth-order valence-electron chi connectivity index (χ4n) is 2.12. The van der Waals surface area contributed by atoms with Crippen LogP contribution in [0.3, 0.4) is 0 Å². The second kappa shape index (κ2) is 8.39. The summed E-state index contributed by atoms with van der Waals surface area (Å²) in [4.78, 5) is 15.8. The number of hydrogen-bond acceptors (Lipinski definition) is 4. The highest BCUT2D eigenvalue weighted by Crippen LogP contribution is 2.25. The molecule has 0 aliphatic rings. The quantitative estimate of drug-likeness (QED) is 0.774. The number of hydrogen-bond donors (Lipinski definition) is 2. The highest BCUT2D eigenvalue weighted by Gasteiger charge is 2.30. The Kier molecular flexibility index (Phi) is 7.18. The molecule has 118 valence electrons. The molecule has 4 nitrogen and oxygen atoms in total. The summed E-state index contributed by atoms with van der Waals surface area (Å²) in [5.74, 6) is 1.42. The topological polar surface area (TPSA) is 62.2 Å². The van der Waals surface area contributed by atoms with Crippen molar-refractivity contribution in [2.45, 2.75) is 39.6 Å². The van der Waals surface area contributed by atoms with E-state index in [9.17, 15) is 9.90 Å². The molecule has 1 amide bonds. The lowest BCUT2D eigenvalue weighted by Crippen LogP contribution is -2.44. The van der Waals surface area contributed by atoms with Gasteiger partial charge in [0.1, 0.15) is 0 Å². The highest BCUT2D eigenvalue weighted by molar-refractivity contribution is 7.99. The summed E-state index contributed by atoms with van der Waals surface area (Å²) in [5.41, 5.74) is 0.845. The first-order chi connectivity index (χ1) is 9.83. The van der Waals surface area contributed by atoms with E-state index in [2.05, 4.69) is 10.3 Å². The maximum Gasteiger partial charge on any atom is 0.230 e. The number of aliphatic hydroxyl groups excluding tert-OH is 1. The molecule has 0 spiro atoms. The molecule has 1 atom stereocenters. The third-order valence-corrected chi connectivity index (χ3v) is 4.43. The number of pyridine rings is 1. The van der Waals surface area contributed by atoms with Gasteiger partial charge in [-0.2, -0.15) is 0 Å². The maximum atomic E-state index is 11.8. The molecule has 1 aromatic rings. The molecule has 0 radical (unpaired) electrons. The molecule has 0 aromatic carbocycles. The normalized spacial score (nSPS) is 13.2. The number of thioether (sulfide) groups is 1. The molecular formula is C16H26N2O2S. The minimum Gasteiger partial charge on any atom is -0.392 e. The van der Waals surface area contributed by atoms with Gasteiger partial charge in [-0.1, -0.05) is 27.7 Å². The molecule has 1 heterocycles. The Labute approximate surface area is 131 Å². The number of rotatable bonds is 8. The van der Waals surface area contributed by atoms with Crippen molar-refractivity contribution in [1.82, 2.24) is 10.3 Å². The number of aliphatic hydroxyl groups is 1. The summed E-state index contributed by atoms with van der Waals surface area (Å²) in [6.07, 6.45) is 3.08. The van der Waals surface area contributed by atoms with Gasteiger partial charge in [-0.15, -0.1) is 11.8 Å². The summed E-state index contributed by atoms with van der Waals surface area (Å²) in [6, 6.07) is 3.90. The van der Waals surface area contributed by atoms with Crippen molar-refractivity contribution in [2.75, 3.05) is 12.3 Å². The van der Waals surface area contributed by atoms with Crippen molar-refractivity contribution in [1.29, 1.82) is 0 Å². The Morgan fingerprint density at radius 3 is 2.57 bits per heavy atom. The molecule has 2 N–H and O–H groups in total. The minimum absolute atomic E-state index is 0.0121. The van der Waals surface area contributed by atoms with Crippen molar-refractivity contribution in [3.8, 4) is 0 Å². The predicted molar refractivity (Wildman–Crippen MR) is 88.0 cm³/mol. The van der Waals surface area contributed by atoms with Crippen LogP contribution in [0.2, 0.25) is 0 Å². The lowest BCUT2D eigenvalue weighted by molar-refractivity contribution is -0.119. The second-order valence-electron chi connectivity index (χ2n) is 6.30. The van der Waals surface area contributed by atoms with Crippen LogP contribution < -0.4 is 5.32 Å². The van der Waals surface area contributed by atoms with Crippen LogP contribution in [0, 0.1) is 11.3 Å². The van der Waals surface area contributed by atoms with Crippen molar-refractivity contribution in [2.24, 2.45) is 11.3 Å². The van der Waals surface area contributed by atoms with Gasteiger partial charge in [0.15, 0.2) is 0 Å². The van der Waals surface area contributed by atoms with E-state index in [1.807, 2.05) is 39.8 Å². The fourth-order valence-corrected chi connectivity index (χ4v) is 2.94. The predicted octanol–water partition coefficient (Wildman–Crippen LogP) is 2.47. The Morgan fingerprint density at radius 1 is 1.38 bits per heavy atom. The monoisotopic (exact) mass is 310 g/mol. The van der Waals surface area contributed by atoms with Crippen molar-refractivity contribution in [3.05, 3.63) is 30.1 Å². The van der Waals surface area contributed by atoms with E-state index in [1.54, 1.807) is 24.2 Å². The van der Waals surface area contributed by atoms with Crippen LogP contribution in [0.15, 0.2) is 24.5 Å². The van der Waals surface area contributed by atoms with Crippen LogP contribution in [0.5, 0.6) is 0 Å². The van der Waals surface area contributed by atoms with E-state index in [0.717, 1.165) is 5.75 Å². The van der Waals surface area contributed by atoms with Gasteiger partial charge in [-0.3, -0.25) is 9.78 Å². The number of carbonyl (C=O) groups is 1. The van der Waals surface area contributed by atoms with Crippen LogP contribution in [0.25, 0.3) is 0 Å². The van der Waals surface area contributed by atoms with E-state index in [-0.39, 0.29) is 17.2 Å². The minimum atomic E-state index is -0.428. The molecule has 0 fully saturated rings. The molecular weight excluding hydrogens is 284 g/mol. The summed E-state index contributed by atoms with van der Waals surface area (Å²) in [6.45, 7) is 8.41. The van der Waals surface area contributed by atoms with Gasteiger partial charge in [0.25, 0.3) is 0 Å². The largest absolute Gasteiger partial charge is 0.392 e. The Bertz CT molecular complexity index is 435. The molecule has 5 heteroatoms. The Balaban J connectivity index is 2.28. The van der Waals surface area contributed by atoms with Crippen molar-refractivity contribution in [3.63, 3.8) is 0 Å². The van der Waals surface area contributed by atoms with Gasteiger partial charge in [0.05, 0.1) is 11.9 Å². The van der Waals surface area contributed by atoms with Gasteiger partial charge in [0.2, 0.25) is 5.91 Å². The molecule has 21 heavy (non-hydrogen) atoms. The molecule has 1 aromatic heterocycles. The summed E-state index contributed by atoms with van der Waals surface area (Å²) >= 11 is 1.58. The maximum absolute atomic E-state index is 11.8. The number of nitrogens with zero attached hydrogens (tertiary/aromatic N) is 1. The van der Waals surface area contributed by atoms with Crippen LogP contribution in [0.4, 0.5) is 0 Å². The first-order valence-electron chi connectivity index (χ1n) is 7.24. The number of carbonyl (C=O) groups excluding carboxylic acids is 1. The van der Waals surface area contributed by atoms with Crippen LogP contribution in [-0.2, 0) is 10.5 Å². The Hall–Kier alpha value is -1.07. The number of aromatic nitrogens is 1. The molecule has 0 saturated carbocycles. The highest BCUT2D eigenvalue weighted by atomic mass is 32.2. The zero-order valence-corrected chi connectivity index (χ0v) is 14.1. The van der Waals surface area contributed by atoms with E-state index in [1.165, 1.54) is 5.56 Å². The lowest BCUT2D eigenvalue weighted by atomic mass is 9.81. The summed E-state index contributed by atoms with van der Waals surface area (Å²) in [7, 11) is 0. The molecule has 0 aliphatic heterocycles. The van der Waals surface area contributed by atoms with E-state index in [4.69, 9.17) is 0 Å². The van der Waals surface area contributed by atoms with Gasteiger partial charge in [-0.25, -0.2) is 0 Å². The first-order valence-corrected chi connectivity index (χ1v) is 8.40.